The molecule has 5 heteroatoms. The molecule has 1 aromatic heterocycles. The number of aromatic nitrogens is 2. The lowest BCUT2D eigenvalue weighted by molar-refractivity contribution is 0.0676. The van der Waals surface area contributed by atoms with Crippen LogP contribution in [0.5, 0.6) is 0 Å². The zero-order chi connectivity index (χ0) is 17.6. The molecule has 1 fully saturated rings. The molecule has 0 spiro atoms. The topological polar surface area (TPSA) is 58.1 Å². The van der Waals surface area contributed by atoms with Crippen LogP contribution in [-0.2, 0) is 6.42 Å². The lowest BCUT2D eigenvalue weighted by Gasteiger charge is -2.30. The van der Waals surface area contributed by atoms with E-state index >= 15 is 0 Å². The Bertz CT molecular complexity index is 717. The van der Waals surface area contributed by atoms with Crippen LogP contribution in [0, 0.1) is 12.8 Å². The molecule has 2 aromatic rings. The first-order valence-corrected chi connectivity index (χ1v) is 9.04. The van der Waals surface area contributed by atoms with Gasteiger partial charge in [0.25, 0.3) is 5.91 Å². The number of benzene rings is 1. The van der Waals surface area contributed by atoms with Gasteiger partial charge in [0, 0.05) is 25.7 Å². The molecule has 0 radical (unpaired) electrons. The van der Waals surface area contributed by atoms with Crippen LogP contribution in [-0.4, -0.2) is 40.4 Å². The first kappa shape index (κ1) is 17.4. The molecule has 5 nitrogen and oxygen atoms in total. The van der Waals surface area contributed by atoms with Crippen LogP contribution in [0.4, 0.5) is 5.82 Å². The summed E-state index contributed by atoms with van der Waals surface area (Å²) in [7, 11) is 0. The third-order valence-corrected chi connectivity index (χ3v) is 4.56. The average Bonchev–Trinajstić information content (AvgIpc) is 2.61. The normalized spacial score (nSPS) is 17.4. The maximum Gasteiger partial charge on any atom is 0.272 e. The Kier molecular flexibility index (Phi) is 5.64. The van der Waals surface area contributed by atoms with Gasteiger partial charge in [-0.3, -0.25) is 4.79 Å². The van der Waals surface area contributed by atoms with E-state index in [1.165, 1.54) is 12.0 Å². The summed E-state index contributed by atoms with van der Waals surface area (Å²) in [6, 6.07) is 12.1. The average molecular weight is 338 g/mol. The number of nitrogens with one attached hydrogen (secondary N) is 1. The molecule has 25 heavy (non-hydrogen) atoms. The van der Waals surface area contributed by atoms with Gasteiger partial charge in [-0.1, -0.05) is 37.3 Å². The number of carbonyl (C=O) groups is 1. The fraction of sp³-hybridized carbons (Fsp3) is 0.450. The molecule has 0 bridgehead atoms. The highest BCUT2D eigenvalue weighted by atomic mass is 16.2. The zero-order valence-corrected chi connectivity index (χ0v) is 15.0. The minimum atomic E-state index is 0.0168. The molecule has 1 amide bonds. The van der Waals surface area contributed by atoms with E-state index in [2.05, 4.69) is 34.3 Å². The third kappa shape index (κ3) is 4.78. The van der Waals surface area contributed by atoms with E-state index < -0.39 is 0 Å². The smallest absolute Gasteiger partial charge is 0.272 e. The van der Waals surface area contributed by atoms with E-state index in [1.54, 1.807) is 6.07 Å². The van der Waals surface area contributed by atoms with Crippen molar-refractivity contribution in [3.63, 3.8) is 0 Å². The molecule has 1 aromatic carbocycles. The number of carbonyl (C=O) groups excluding carboxylic acids is 1. The molecule has 1 unspecified atom stereocenters. The van der Waals surface area contributed by atoms with E-state index in [0.29, 0.717) is 17.4 Å². The molecule has 0 saturated carbocycles. The van der Waals surface area contributed by atoms with Gasteiger partial charge in [0.1, 0.15) is 17.3 Å². The summed E-state index contributed by atoms with van der Waals surface area (Å²) < 4.78 is 0. The Morgan fingerprint density at radius 1 is 1.28 bits per heavy atom. The second kappa shape index (κ2) is 8.10. The molecule has 1 atom stereocenters. The predicted octanol–water partition coefficient (Wildman–Crippen LogP) is 3.31. The Labute approximate surface area is 149 Å². The molecule has 1 N–H and O–H groups in total. The van der Waals surface area contributed by atoms with Gasteiger partial charge in [0.05, 0.1) is 0 Å². The molecule has 0 aliphatic carbocycles. The van der Waals surface area contributed by atoms with Gasteiger partial charge in [-0.15, -0.1) is 0 Å². The maximum atomic E-state index is 12.8. The van der Waals surface area contributed by atoms with Gasteiger partial charge < -0.3 is 10.2 Å². The number of nitrogens with zero attached hydrogens (tertiary/aromatic N) is 3. The van der Waals surface area contributed by atoms with Crippen molar-refractivity contribution in [3.05, 3.63) is 53.5 Å². The molecule has 1 saturated heterocycles. The number of aryl methyl sites for hydroxylation is 1. The van der Waals surface area contributed by atoms with Gasteiger partial charge in [-0.25, -0.2) is 9.97 Å². The lowest BCUT2D eigenvalue weighted by Crippen LogP contribution is -2.39. The highest BCUT2D eigenvalue weighted by Crippen LogP contribution is 2.18. The SMILES string of the molecule is Cc1nc(NCCc2ccccc2)cc(C(=O)N2CCCC(C)C2)n1. The predicted molar refractivity (Wildman–Crippen MR) is 99.7 cm³/mol. The van der Waals surface area contributed by atoms with Crippen molar-refractivity contribution in [1.82, 2.24) is 14.9 Å². The fourth-order valence-electron chi connectivity index (χ4n) is 3.28. The lowest BCUT2D eigenvalue weighted by atomic mass is 10.00. The van der Waals surface area contributed by atoms with E-state index in [0.717, 1.165) is 38.3 Å². The van der Waals surface area contributed by atoms with E-state index in [4.69, 9.17) is 0 Å². The van der Waals surface area contributed by atoms with Crippen LogP contribution in [0.25, 0.3) is 0 Å². The molecule has 132 valence electrons. The number of likely N-dealkylation sites (tertiary alicyclic amines) is 1. The van der Waals surface area contributed by atoms with Crippen molar-refractivity contribution in [3.8, 4) is 0 Å². The largest absolute Gasteiger partial charge is 0.370 e. The van der Waals surface area contributed by atoms with Gasteiger partial charge in [0.2, 0.25) is 0 Å². The molecule has 1 aliphatic rings. The van der Waals surface area contributed by atoms with Crippen molar-refractivity contribution < 1.29 is 4.79 Å². The zero-order valence-electron chi connectivity index (χ0n) is 15.0. The fourth-order valence-corrected chi connectivity index (χ4v) is 3.28. The van der Waals surface area contributed by atoms with Crippen molar-refractivity contribution >= 4 is 11.7 Å². The summed E-state index contributed by atoms with van der Waals surface area (Å²) >= 11 is 0. The molecule has 3 rings (SSSR count). The van der Waals surface area contributed by atoms with Crippen molar-refractivity contribution in [2.45, 2.75) is 33.1 Å². The van der Waals surface area contributed by atoms with Crippen molar-refractivity contribution in [2.75, 3.05) is 25.0 Å². The third-order valence-electron chi connectivity index (χ3n) is 4.56. The Hall–Kier alpha value is -2.43. The summed E-state index contributed by atoms with van der Waals surface area (Å²) in [6.45, 7) is 6.44. The van der Waals surface area contributed by atoms with E-state index in [1.807, 2.05) is 30.0 Å². The highest BCUT2D eigenvalue weighted by molar-refractivity contribution is 5.93. The van der Waals surface area contributed by atoms with E-state index in [-0.39, 0.29) is 5.91 Å². The second-order valence-corrected chi connectivity index (χ2v) is 6.85. The number of rotatable bonds is 5. The van der Waals surface area contributed by atoms with Gasteiger partial charge in [-0.2, -0.15) is 0 Å². The van der Waals surface area contributed by atoms with Gasteiger partial charge in [0.15, 0.2) is 0 Å². The maximum absolute atomic E-state index is 12.8. The standard InChI is InChI=1S/C20H26N4O/c1-15-7-6-12-24(14-15)20(25)18-13-19(23-16(2)22-18)21-11-10-17-8-4-3-5-9-17/h3-5,8-9,13,15H,6-7,10-12,14H2,1-2H3,(H,21,22,23). The number of amides is 1. The molecule has 2 heterocycles. The Morgan fingerprint density at radius 2 is 2.08 bits per heavy atom. The molecular formula is C20H26N4O. The quantitative estimate of drug-likeness (QED) is 0.909. The first-order valence-electron chi connectivity index (χ1n) is 9.04. The summed E-state index contributed by atoms with van der Waals surface area (Å²) in [5.41, 5.74) is 1.77. The Morgan fingerprint density at radius 3 is 2.84 bits per heavy atom. The van der Waals surface area contributed by atoms with E-state index in [9.17, 15) is 4.79 Å². The molecular weight excluding hydrogens is 312 g/mol. The van der Waals surface area contributed by atoms with Crippen LogP contribution in [0.15, 0.2) is 36.4 Å². The summed E-state index contributed by atoms with van der Waals surface area (Å²) in [6.07, 6.45) is 3.18. The van der Waals surface area contributed by atoms with Gasteiger partial charge >= 0.3 is 0 Å². The monoisotopic (exact) mass is 338 g/mol. The molecule has 1 aliphatic heterocycles. The van der Waals surface area contributed by atoms with Crippen LogP contribution >= 0.6 is 0 Å². The van der Waals surface area contributed by atoms with Crippen molar-refractivity contribution in [2.24, 2.45) is 5.92 Å². The van der Waals surface area contributed by atoms with Crippen LogP contribution < -0.4 is 5.32 Å². The number of anilines is 1. The van der Waals surface area contributed by atoms with Crippen LogP contribution in [0.2, 0.25) is 0 Å². The first-order chi connectivity index (χ1) is 12.1. The number of hydrogen-bond donors (Lipinski definition) is 1. The van der Waals surface area contributed by atoms with Gasteiger partial charge in [-0.05, 0) is 37.7 Å². The van der Waals surface area contributed by atoms with Crippen LogP contribution in [0.1, 0.15) is 41.6 Å². The van der Waals surface area contributed by atoms with Crippen molar-refractivity contribution in [1.29, 1.82) is 0 Å². The summed E-state index contributed by atoms with van der Waals surface area (Å²) in [5, 5.41) is 3.32. The number of hydrogen-bond acceptors (Lipinski definition) is 4. The summed E-state index contributed by atoms with van der Waals surface area (Å²) in [5.74, 6) is 1.92. The summed E-state index contributed by atoms with van der Waals surface area (Å²) in [4.78, 5) is 23.4. The highest BCUT2D eigenvalue weighted by Gasteiger charge is 2.23. The Balaban J connectivity index is 1.64. The van der Waals surface area contributed by atoms with Crippen LogP contribution in [0.3, 0.4) is 0 Å². The minimum absolute atomic E-state index is 0.0168. The minimum Gasteiger partial charge on any atom is -0.370 e. The second-order valence-electron chi connectivity index (χ2n) is 6.85. The number of piperidine rings is 1.